The largest absolute Gasteiger partial charge is 0.376 e. The van der Waals surface area contributed by atoms with Gasteiger partial charge in [0.2, 0.25) is 5.65 Å². The second-order valence-electron chi connectivity index (χ2n) is 6.76. The first kappa shape index (κ1) is 16.0. The van der Waals surface area contributed by atoms with E-state index in [-0.39, 0.29) is 18.1 Å². The zero-order chi connectivity index (χ0) is 17.4. The molecule has 7 nitrogen and oxygen atoms in total. The van der Waals surface area contributed by atoms with E-state index in [2.05, 4.69) is 25.1 Å². The fourth-order valence-corrected chi connectivity index (χ4v) is 3.27. The Kier molecular flexibility index (Phi) is 4.09. The molecule has 25 heavy (non-hydrogen) atoms. The Hall–Kier alpha value is -2.54. The van der Waals surface area contributed by atoms with Crippen LogP contribution in [0.2, 0.25) is 0 Å². The van der Waals surface area contributed by atoms with Crippen LogP contribution >= 0.6 is 0 Å². The van der Waals surface area contributed by atoms with Gasteiger partial charge in [-0.15, -0.1) is 10.2 Å². The molecule has 2 aromatic heterocycles. The van der Waals surface area contributed by atoms with Crippen LogP contribution in [0.5, 0.6) is 0 Å². The number of hydrogen-bond donors (Lipinski definition) is 1. The summed E-state index contributed by atoms with van der Waals surface area (Å²) in [5, 5.41) is 12.2. The van der Waals surface area contributed by atoms with E-state index in [4.69, 9.17) is 4.74 Å². The molecule has 3 aromatic rings. The molecule has 3 heterocycles. The number of fused-ring (bicyclic) bond motifs is 3. The number of carbonyl (C=O) groups is 1. The maximum Gasteiger partial charge on any atom is 0.251 e. The fourth-order valence-electron chi connectivity index (χ4n) is 3.27. The molecular weight excluding hydrogens is 318 g/mol. The van der Waals surface area contributed by atoms with Crippen molar-refractivity contribution in [3.63, 3.8) is 0 Å². The summed E-state index contributed by atoms with van der Waals surface area (Å²) in [5.74, 6) is -0.0907. The molecule has 130 valence electrons. The quantitative estimate of drug-likeness (QED) is 0.789. The molecule has 7 heteroatoms. The maximum absolute atomic E-state index is 12.3. The van der Waals surface area contributed by atoms with Crippen LogP contribution in [0.4, 0.5) is 0 Å². The van der Waals surface area contributed by atoms with Crippen molar-refractivity contribution in [1.82, 2.24) is 25.1 Å². The molecule has 1 aliphatic rings. The Morgan fingerprint density at radius 2 is 2.28 bits per heavy atom. The minimum Gasteiger partial charge on any atom is -0.376 e. The number of hydrogen-bond acceptors (Lipinski definition) is 5. The third kappa shape index (κ3) is 3.07. The molecule has 1 amide bonds. The lowest BCUT2D eigenvalue weighted by Crippen LogP contribution is -2.30. The summed E-state index contributed by atoms with van der Waals surface area (Å²) >= 11 is 0. The van der Waals surface area contributed by atoms with Gasteiger partial charge in [-0.3, -0.25) is 4.79 Å². The second kappa shape index (κ2) is 6.40. The van der Waals surface area contributed by atoms with Gasteiger partial charge in [0, 0.05) is 23.6 Å². The third-order valence-corrected chi connectivity index (χ3v) is 4.43. The van der Waals surface area contributed by atoms with Crippen molar-refractivity contribution < 1.29 is 9.53 Å². The highest BCUT2D eigenvalue weighted by atomic mass is 16.5. The van der Waals surface area contributed by atoms with Crippen LogP contribution in [0.15, 0.2) is 24.5 Å². The van der Waals surface area contributed by atoms with E-state index < -0.39 is 0 Å². The normalized spacial score (nSPS) is 17.6. The minimum atomic E-state index is -0.0907. The number of amides is 1. The number of nitrogens with one attached hydrogen (secondary N) is 1. The van der Waals surface area contributed by atoms with Crippen molar-refractivity contribution in [2.24, 2.45) is 0 Å². The topological polar surface area (TPSA) is 81.9 Å². The predicted octanol–water partition coefficient (Wildman–Crippen LogP) is 2.30. The maximum atomic E-state index is 12.3. The van der Waals surface area contributed by atoms with E-state index in [1.54, 1.807) is 12.4 Å². The van der Waals surface area contributed by atoms with Crippen LogP contribution in [0.25, 0.3) is 22.1 Å². The Bertz CT molecular complexity index is 928. The van der Waals surface area contributed by atoms with E-state index in [0.717, 1.165) is 42.4 Å². The van der Waals surface area contributed by atoms with E-state index in [1.165, 1.54) is 0 Å². The SMILES string of the molecule is CC(C)NC(=O)c1ccc2nnc3ncn(CC4CCCO4)c3c2c1. The van der Waals surface area contributed by atoms with E-state index in [1.807, 2.05) is 26.0 Å². The molecule has 4 rings (SSSR count). The second-order valence-corrected chi connectivity index (χ2v) is 6.76. The van der Waals surface area contributed by atoms with Crippen molar-refractivity contribution >= 4 is 28.0 Å². The third-order valence-electron chi connectivity index (χ3n) is 4.43. The van der Waals surface area contributed by atoms with Crippen LogP contribution in [0.3, 0.4) is 0 Å². The van der Waals surface area contributed by atoms with Crippen molar-refractivity contribution in [3.05, 3.63) is 30.1 Å². The van der Waals surface area contributed by atoms with Gasteiger partial charge >= 0.3 is 0 Å². The monoisotopic (exact) mass is 339 g/mol. The highest BCUT2D eigenvalue weighted by Gasteiger charge is 2.19. The molecule has 0 bridgehead atoms. The summed E-state index contributed by atoms with van der Waals surface area (Å²) in [7, 11) is 0. The zero-order valence-corrected chi connectivity index (χ0v) is 14.4. The molecule has 0 saturated carbocycles. The highest BCUT2D eigenvalue weighted by molar-refractivity contribution is 6.05. The lowest BCUT2D eigenvalue weighted by atomic mass is 10.1. The van der Waals surface area contributed by atoms with Crippen LogP contribution in [-0.4, -0.2) is 44.4 Å². The van der Waals surface area contributed by atoms with Crippen molar-refractivity contribution in [3.8, 4) is 0 Å². The summed E-state index contributed by atoms with van der Waals surface area (Å²) in [6.07, 6.45) is 4.13. The summed E-state index contributed by atoms with van der Waals surface area (Å²) < 4.78 is 7.81. The summed E-state index contributed by atoms with van der Waals surface area (Å²) in [6, 6.07) is 5.57. The molecular formula is C18H21N5O2. The van der Waals surface area contributed by atoms with Gasteiger partial charge in [-0.2, -0.15) is 0 Å². The van der Waals surface area contributed by atoms with Crippen LogP contribution in [-0.2, 0) is 11.3 Å². The Morgan fingerprint density at radius 1 is 1.40 bits per heavy atom. The number of imidazole rings is 1. The molecule has 1 saturated heterocycles. The molecule has 1 unspecified atom stereocenters. The summed E-state index contributed by atoms with van der Waals surface area (Å²) in [6.45, 7) is 5.44. The smallest absolute Gasteiger partial charge is 0.251 e. The molecule has 1 aromatic carbocycles. The average Bonchev–Trinajstić information content (AvgIpc) is 3.24. The van der Waals surface area contributed by atoms with E-state index >= 15 is 0 Å². The van der Waals surface area contributed by atoms with Crippen LogP contribution < -0.4 is 5.32 Å². The molecule has 1 atom stereocenters. The zero-order valence-electron chi connectivity index (χ0n) is 14.4. The van der Waals surface area contributed by atoms with Gasteiger partial charge in [-0.05, 0) is 44.9 Å². The van der Waals surface area contributed by atoms with Crippen molar-refractivity contribution in [1.29, 1.82) is 0 Å². The summed E-state index contributed by atoms with van der Waals surface area (Å²) in [4.78, 5) is 16.7. The number of rotatable bonds is 4. The number of nitrogens with zero attached hydrogens (tertiary/aromatic N) is 4. The van der Waals surface area contributed by atoms with Crippen molar-refractivity contribution in [2.45, 2.75) is 45.4 Å². The van der Waals surface area contributed by atoms with E-state index in [0.29, 0.717) is 11.2 Å². The van der Waals surface area contributed by atoms with Gasteiger partial charge < -0.3 is 14.6 Å². The molecule has 0 aliphatic carbocycles. The van der Waals surface area contributed by atoms with Gasteiger partial charge in [0.1, 0.15) is 0 Å². The van der Waals surface area contributed by atoms with Gasteiger partial charge in [0.25, 0.3) is 5.91 Å². The van der Waals surface area contributed by atoms with E-state index in [9.17, 15) is 4.79 Å². The first-order chi connectivity index (χ1) is 12.1. The molecule has 1 N–H and O–H groups in total. The highest BCUT2D eigenvalue weighted by Crippen LogP contribution is 2.24. The van der Waals surface area contributed by atoms with Gasteiger partial charge in [-0.1, -0.05) is 0 Å². The molecule has 0 spiro atoms. The van der Waals surface area contributed by atoms with Gasteiger partial charge in [0.05, 0.1) is 30.0 Å². The lowest BCUT2D eigenvalue weighted by molar-refractivity contribution is 0.0942. The van der Waals surface area contributed by atoms with Crippen LogP contribution in [0, 0.1) is 0 Å². The lowest BCUT2D eigenvalue weighted by Gasteiger charge is -2.12. The Labute approximate surface area is 145 Å². The van der Waals surface area contributed by atoms with Gasteiger partial charge in [0.15, 0.2) is 0 Å². The first-order valence-electron chi connectivity index (χ1n) is 8.65. The number of carbonyl (C=O) groups excluding carboxylic acids is 1. The molecule has 1 fully saturated rings. The number of ether oxygens (including phenoxy) is 1. The number of benzene rings is 1. The average molecular weight is 339 g/mol. The number of aromatic nitrogens is 4. The van der Waals surface area contributed by atoms with Crippen LogP contribution in [0.1, 0.15) is 37.0 Å². The predicted molar refractivity (Wildman–Crippen MR) is 94.4 cm³/mol. The molecule has 1 aliphatic heterocycles. The first-order valence-corrected chi connectivity index (χ1v) is 8.65. The van der Waals surface area contributed by atoms with Crippen molar-refractivity contribution in [2.75, 3.05) is 6.61 Å². The van der Waals surface area contributed by atoms with Gasteiger partial charge in [-0.25, -0.2) is 4.98 Å². The fraction of sp³-hybridized carbons (Fsp3) is 0.444. The Balaban J connectivity index is 1.79. The minimum absolute atomic E-state index is 0.0869. The molecule has 0 radical (unpaired) electrons. The Morgan fingerprint density at radius 3 is 3.04 bits per heavy atom. The standard InChI is InChI=1S/C18H21N5O2/c1-11(2)20-18(24)12-5-6-15-14(8-12)16-17(22-21-15)19-10-23(16)9-13-4-3-7-25-13/h5-6,8,10-11,13H,3-4,7,9H2,1-2H3,(H,20,24). The summed E-state index contributed by atoms with van der Waals surface area (Å²) in [5.41, 5.74) is 2.86.